The van der Waals surface area contributed by atoms with Crippen LogP contribution in [0.15, 0.2) is 47.5 Å². The summed E-state index contributed by atoms with van der Waals surface area (Å²) in [5.74, 6) is 0.236. The second kappa shape index (κ2) is 6.84. The van der Waals surface area contributed by atoms with Crippen molar-refractivity contribution in [2.45, 2.75) is 6.54 Å². The van der Waals surface area contributed by atoms with E-state index >= 15 is 0 Å². The maximum Gasteiger partial charge on any atom is 0.193 e. The van der Waals surface area contributed by atoms with E-state index in [-0.39, 0.29) is 5.96 Å². The Bertz CT molecular complexity index is 604. The minimum Gasteiger partial charge on any atom is -0.370 e. The molecule has 3 N–H and O–H groups in total. The van der Waals surface area contributed by atoms with Gasteiger partial charge in [-0.3, -0.25) is 0 Å². The highest BCUT2D eigenvalue weighted by Crippen LogP contribution is 2.33. The average molecular weight is 329 g/mol. The molecule has 0 aliphatic carbocycles. The Morgan fingerprint density at radius 2 is 1.65 bits per heavy atom. The van der Waals surface area contributed by atoms with E-state index in [0.29, 0.717) is 27.3 Å². The molecule has 0 radical (unpaired) electrons. The molecule has 0 fully saturated rings. The van der Waals surface area contributed by atoms with Crippen LogP contribution in [0.1, 0.15) is 5.56 Å². The van der Waals surface area contributed by atoms with Gasteiger partial charge in [-0.1, -0.05) is 65.1 Å². The van der Waals surface area contributed by atoms with Gasteiger partial charge in [-0.15, -0.1) is 0 Å². The number of benzene rings is 2. The standard InChI is InChI=1S/C14H12Cl3N3/c15-10-6-11(16)13(12(17)7-10)20-14(18)19-8-9-4-2-1-3-5-9/h1-7H,8H2,(H3,18,19,20). The van der Waals surface area contributed by atoms with Crippen LogP contribution >= 0.6 is 34.8 Å². The third-order valence-corrected chi connectivity index (χ3v) is 3.35. The van der Waals surface area contributed by atoms with Crippen molar-refractivity contribution in [2.24, 2.45) is 10.7 Å². The number of aliphatic imine (C=N–C) groups is 1. The molecule has 6 heteroatoms. The van der Waals surface area contributed by atoms with Crippen molar-refractivity contribution in [3.05, 3.63) is 63.1 Å². The van der Waals surface area contributed by atoms with Gasteiger partial charge >= 0.3 is 0 Å². The van der Waals surface area contributed by atoms with Gasteiger partial charge in [0.05, 0.1) is 22.3 Å². The minimum atomic E-state index is 0.236. The highest BCUT2D eigenvalue weighted by atomic mass is 35.5. The zero-order valence-corrected chi connectivity index (χ0v) is 12.7. The first-order chi connectivity index (χ1) is 9.56. The fourth-order valence-corrected chi connectivity index (χ4v) is 2.50. The van der Waals surface area contributed by atoms with Gasteiger partial charge in [0.15, 0.2) is 5.96 Å². The summed E-state index contributed by atoms with van der Waals surface area (Å²) in [6.07, 6.45) is 0. The van der Waals surface area contributed by atoms with Gasteiger partial charge in [0.25, 0.3) is 0 Å². The Balaban J connectivity index is 2.10. The Hall–Kier alpha value is -1.42. The number of hydrogen-bond acceptors (Lipinski definition) is 1. The molecule has 0 unspecified atom stereocenters. The molecule has 0 saturated carbocycles. The van der Waals surface area contributed by atoms with Gasteiger partial charge in [0.2, 0.25) is 0 Å². The summed E-state index contributed by atoms with van der Waals surface area (Å²) in [6, 6.07) is 13.0. The fraction of sp³-hybridized carbons (Fsp3) is 0.0714. The highest BCUT2D eigenvalue weighted by Gasteiger charge is 2.08. The van der Waals surface area contributed by atoms with E-state index in [1.807, 2.05) is 30.3 Å². The van der Waals surface area contributed by atoms with Crippen LogP contribution in [0, 0.1) is 0 Å². The first-order valence-electron chi connectivity index (χ1n) is 5.81. The zero-order chi connectivity index (χ0) is 14.5. The highest BCUT2D eigenvalue weighted by molar-refractivity contribution is 6.42. The first kappa shape index (κ1) is 15.0. The molecule has 2 aromatic carbocycles. The van der Waals surface area contributed by atoms with Crippen molar-refractivity contribution in [2.75, 3.05) is 5.32 Å². The third-order valence-electron chi connectivity index (χ3n) is 2.53. The normalized spacial score (nSPS) is 11.4. The van der Waals surface area contributed by atoms with Crippen LogP contribution in [0.2, 0.25) is 15.1 Å². The Kier molecular flexibility index (Phi) is 5.12. The number of halogens is 3. The number of anilines is 1. The van der Waals surface area contributed by atoms with Crippen molar-refractivity contribution >= 4 is 46.4 Å². The van der Waals surface area contributed by atoms with Gasteiger partial charge < -0.3 is 11.1 Å². The molecule has 3 nitrogen and oxygen atoms in total. The van der Waals surface area contributed by atoms with Gasteiger partial charge in [0, 0.05) is 5.02 Å². The van der Waals surface area contributed by atoms with Crippen LogP contribution in [-0.2, 0) is 6.54 Å². The van der Waals surface area contributed by atoms with Crippen molar-refractivity contribution in [3.8, 4) is 0 Å². The van der Waals surface area contributed by atoms with Gasteiger partial charge in [-0.05, 0) is 17.7 Å². The van der Waals surface area contributed by atoms with Crippen LogP contribution in [0.4, 0.5) is 5.69 Å². The third kappa shape index (κ3) is 4.04. The molecular weight excluding hydrogens is 317 g/mol. The lowest BCUT2D eigenvalue weighted by atomic mass is 10.2. The topological polar surface area (TPSA) is 50.4 Å². The number of rotatable bonds is 3. The van der Waals surface area contributed by atoms with Gasteiger partial charge in [-0.25, -0.2) is 4.99 Å². The Labute approximate surface area is 132 Å². The van der Waals surface area contributed by atoms with Crippen molar-refractivity contribution in [3.63, 3.8) is 0 Å². The minimum absolute atomic E-state index is 0.236. The van der Waals surface area contributed by atoms with Crippen LogP contribution < -0.4 is 11.1 Å². The van der Waals surface area contributed by atoms with Crippen LogP contribution in [0.3, 0.4) is 0 Å². The van der Waals surface area contributed by atoms with E-state index in [1.54, 1.807) is 12.1 Å². The molecule has 0 spiro atoms. The predicted molar refractivity (Wildman–Crippen MR) is 86.9 cm³/mol. The van der Waals surface area contributed by atoms with E-state index in [4.69, 9.17) is 40.5 Å². The predicted octanol–water partition coefficient (Wildman–Crippen LogP) is 4.57. The monoisotopic (exact) mass is 327 g/mol. The largest absolute Gasteiger partial charge is 0.370 e. The summed E-state index contributed by atoms with van der Waals surface area (Å²) in [7, 11) is 0. The fourth-order valence-electron chi connectivity index (χ4n) is 1.59. The average Bonchev–Trinajstić information content (AvgIpc) is 2.42. The molecule has 0 aliphatic heterocycles. The lowest BCUT2D eigenvalue weighted by Gasteiger charge is -2.10. The summed E-state index contributed by atoms with van der Waals surface area (Å²) in [5, 5.41) is 4.12. The van der Waals surface area contributed by atoms with Crippen molar-refractivity contribution in [1.29, 1.82) is 0 Å². The Morgan fingerprint density at radius 1 is 1.05 bits per heavy atom. The second-order valence-electron chi connectivity index (χ2n) is 4.06. The molecule has 104 valence electrons. The molecular formula is C14H12Cl3N3. The van der Waals surface area contributed by atoms with Crippen molar-refractivity contribution in [1.82, 2.24) is 0 Å². The van der Waals surface area contributed by atoms with Crippen LogP contribution in [-0.4, -0.2) is 5.96 Å². The number of guanidine groups is 1. The zero-order valence-electron chi connectivity index (χ0n) is 10.4. The molecule has 0 saturated heterocycles. The number of nitrogens with two attached hydrogens (primary N) is 1. The molecule has 0 aliphatic rings. The summed E-state index contributed by atoms with van der Waals surface area (Å²) < 4.78 is 0. The van der Waals surface area contributed by atoms with Crippen LogP contribution in [0.25, 0.3) is 0 Å². The molecule has 2 aromatic rings. The van der Waals surface area contributed by atoms with Crippen molar-refractivity contribution < 1.29 is 0 Å². The molecule has 0 amide bonds. The summed E-state index contributed by atoms with van der Waals surface area (Å²) in [4.78, 5) is 4.23. The van der Waals surface area contributed by atoms with Crippen LogP contribution in [0.5, 0.6) is 0 Å². The molecule has 0 bridgehead atoms. The van der Waals surface area contributed by atoms with E-state index < -0.39 is 0 Å². The molecule has 0 aromatic heterocycles. The first-order valence-corrected chi connectivity index (χ1v) is 6.95. The maximum atomic E-state index is 6.05. The lowest BCUT2D eigenvalue weighted by molar-refractivity contribution is 1.06. The summed E-state index contributed by atoms with van der Waals surface area (Å²) >= 11 is 18.0. The van der Waals surface area contributed by atoms with Gasteiger partial charge in [0.1, 0.15) is 0 Å². The SMILES string of the molecule is NC(=NCc1ccccc1)Nc1c(Cl)cc(Cl)cc1Cl. The lowest BCUT2D eigenvalue weighted by Crippen LogP contribution is -2.23. The quantitative estimate of drug-likeness (QED) is 0.640. The van der Waals surface area contributed by atoms with E-state index in [9.17, 15) is 0 Å². The second-order valence-corrected chi connectivity index (χ2v) is 5.31. The summed E-state index contributed by atoms with van der Waals surface area (Å²) in [5.41, 5.74) is 7.37. The molecule has 20 heavy (non-hydrogen) atoms. The molecule has 0 heterocycles. The van der Waals surface area contributed by atoms with Gasteiger partial charge in [-0.2, -0.15) is 0 Å². The number of nitrogens with one attached hydrogen (secondary N) is 1. The van der Waals surface area contributed by atoms with E-state index in [0.717, 1.165) is 5.56 Å². The smallest absolute Gasteiger partial charge is 0.193 e. The summed E-state index contributed by atoms with van der Waals surface area (Å²) in [6.45, 7) is 0.475. The molecule has 0 atom stereocenters. The number of nitrogens with zero attached hydrogens (tertiary/aromatic N) is 1. The molecule has 2 rings (SSSR count). The van der Waals surface area contributed by atoms with E-state index in [2.05, 4.69) is 10.3 Å². The maximum absolute atomic E-state index is 6.05. The van der Waals surface area contributed by atoms with E-state index in [1.165, 1.54) is 0 Å². The Morgan fingerprint density at radius 3 is 2.25 bits per heavy atom. The number of hydrogen-bond donors (Lipinski definition) is 2.